The molecule has 42 valence electrons. The second-order valence-electron chi connectivity index (χ2n) is 0.724. The molecule has 0 bridgehead atoms. The number of thiol groups is 1. The molecule has 5 heteroatoms. The zero-order valence-corrected chi connectivity index (χ0v) is 12.5. The van der Waals surface area contributed by atoms with Crippen LogP contribution in [0.25, 0.3) is 0 Å². The third-order valence-electron chi connectivity index (χ3n) is 0. The van der Waals surface area contributed by atoms with Crippen molar-refractivity contribution in [2.45, 2.75) is 6.92 Å². The van der Waals surface area contributed by atoms with E-state index >= 15 is 0 Å². The third kappa shape index (κ3) is 84.0. The summed E-state index contributed by atoms with van der Waals surface area (Å²) in [4.78, 5) is 0. The van der Waals surface area contributed by atoms with E-state index < -0.39 is 0 Å². The summed E-state index contributed by atoms with van der Waals surface area (Å²) in [6.07, 6.45) is 0. The molecule has 7 heavy (non-hydrogen) atoms. The van der Waals surface area contributed by atoms with E-state index in [-0.39, 0.29) is 31.0 Å². The van der Waals surface area contributed by atoms with Gasteiger partial charge in [-0.05, 0) is 5.75 Å². The molecule has 0 saturated heterocycles. The monoisotopic (exact) mass is 164 g/mol. The first kappa shape index (κ1) is 15.9. The van der Waals surface area contributed by atoms with Crippen molar-refractivity contribution >= 4 is 33.6 Å². The molecule has 0 aliphatic rings. The van der Waals surface area contributed by atoms with Crippen LogP contribution in [-0.2, 0) is 4.12 Å². The van der Waals surface area contributed by atoms with Gasteiger partial charge >= 0.3 is 29.6 Å². The fourth-order valence-corrected chi connectivity index (χ4v) is 0. The van der Waals surface area contributed by atoms with E-state index in [4.69, 9.17) is 0 Å². The van der Waals surface area contributed by atoms with Crippen molar-refractivity contribution in [1.29, 1.82) is 0 Å². The van der Waals surface area contributed by atoms with Gasteiger partial charge in [-0.25, -0.2) is 0 Å². The minimum absolute atomic E-state index is 0. The van der Waals surface area contributed by atoms with Crippen LogP contribution in [-0.4, -0.2) is 26.7 Å². The molecule has 1 nitrogen and oxygen atoms in total. The van der Waals surface area contributed by atoms with Gasteiger partial charge in [0.05, 0.1) is 0 Å². The Morgan fingerprint density at radius 3 is 1.71 bits per heavy atom. The Morgan fingerprint density at radius 2 is 1.71 bits per heavy atom. The maximum atomic E-state index is 4.53. The Balaban J connectivity index is -0.0000000160. The van der Waals surface area contributed by atoms with Crippen LogP contribution in [0.1, 0.15) is 8.35 Å². The normalized spacial score (nSPS) is 6.00. The molecular formula is C2H13NaOSSi2. The van der Waals surface area contributed by atoms with E-state index in [1.54, 1.807) is 0 Å². The van der Waals surface area contributed by atoms with Crippen LogP contribution in [0.15, 0.2) is 0 Å². The molecule has 0 aromatic heterocycles. The quantitative estimate of drug-likeness (QED) is 0.281. The number of hydrogen-bond donors (Lipinski definition) is 1. The average molecular weight is 164 g/mol. The molecule has 0 rings (SSSR count). The van der Waals surface area contributed by atoms with Crippen LogP contribution in [0.2, 0.25) is 0 Å². The molecule has 0 amide bonds. The second kappa shape index (κ2) is 25.1. The van der Waals surface area contributed by atoms with Gasteiger partial charge in [0.25, 0.3) is 0 Å². The summed E-state index contributed by atoms with van der Waals surface area (Å²) in [5.74, 6) is 0.944. The Labute approximate surface area is 80.9 Å². The molecule has 0 radical (unpaired) electrons. The first-order valence-electron chi connectivity index (χ1n) is 1.84. The largest absolute Gasteiger partial charge is 1.00 e. The van der Waals surface area contributed by atoms with Gasteiger partial charge in [0.15, 0.2) is 0 Å². The van der Waals surface area contributed by atoms with E-state index in [1.165, 1.54) is 0 Å². The minimum Gasteiger partial charge on any atom is -1.00 e. The Bertz CT molecular complexity index is 22.0. The molecule has 0 spiro atoms. The summed E-state index contributed by atoms with van der Waals surface area (Å²) in [6.45, 7) is 1.99. The van der Waals surface area contributed by atoms with Crippen molar-refractivity contribution in [3.05, 3.63) is 0 Å². The van der Waals surface area contributed by atoms with Crippen LogP contribution >= 0.6 is 12.6 Å². The fraction of sp³-hybridized carbons (Fsp3) is 1.00. The van der Waals surface area contributed by atoms with E-state index in [0.29, 0.717) is 0 Å². The SMILES string of the molecule is CCS.[H-].[Na+].[SiH3]O[SiH3]. The maximum absolute atomic E-state index is 4.53. The van der Waals surface area contributed by atoms with Gasteiger partial charge in [-0.2, -0.15) is 12.6 Å². The van der Waals surface area contributed by atoms with Crippen LogP contribution in [0.3, 0.4) is 0 Å². The van der Waals surface area contributed by atoms with Gasteiger partial charge in [-0.3, -0.25) is 0 Å². The topological polar surface area (TPSA) is 9.23 Å². The first-order chi connectivity index (χ1) is 2.83. The molecular weight excluding hydrogens is 151 g/mol. The van der Waals surface area contributed by atoms with Gasteiger partial charge in [-0.1, -0.05) is 6.92 Å². The average Bonchev–Trinajstić information content (AvgIpc) is 1.39. The van der Waals surface area contributed by atoms with Crippen LogP contribution < -0.4 is 29.6 Å². The van der Waals surface area contributed by atoms with Crippen molar-refractivity contribution in [3.63, 3.8) is 0 Å². The number of hydrogen-bond acceptors (Lipinski definition) is 2. The Kier molecular flexibility index (Phi) is 57.0. The van der Waals surface area contributed by atoms with E-state index in [1.807, 2.05) is 6.92 Å². The first-order valence-corrected chi connectivity index (χ1v) is 4.11. The van der Waals surface area contributed by atoms with Crippen LogP contribution in [0, 0.1) is 0 Å². The molecule has 0 N–H and O–H groups in total. The predicted molar refractivity (Wildman–Crippen MR) is 41.6 cm³/mol. The maximum Gasteiger partial charge on any atom is 1.00 e. The Morgan fingerprint density at radius 1 is 1.71 bits per heavy atom. The summed E-state index contributed by atoms with van der Waals surface area (Å²) < 4.78 is 4.53. The summed E-state index contributed by atoms with van der Waals surface area (Å²) >= 11 is 3.79. The molecule has 0 fully saturated rings. The summed E-state index contributed by atoms with van der Waals surface area (Å²) in [6, 6.07) is 0. The van der Waals surface area contributed by atoms with E-state index in [0.717, 1.165) is 26.7 Å². The molecule has 0 saturated carbocycles. The van der Waals surface area contributed by atoms with Crippen molar-refractivity contribution in [3.8, 4) is 0 Å². The standard InChI is InChI=1S/C2H6S.Na.H6OSi2.H/c1-2-3;;2-1-3;/h3H,2H2,1H3;;2-3H3;/q;+1;;-1. The molecule has 0 unspecified atom stereocenters. The van der Waals surface area contributed by atoms with Crippen LogP contribution in [0.4, 0.5) is 0 Å². The van der Waals surface area contributed by atoms with Gasteiger partial charge in [0, 0.05) is 0 Å². The smallest absolute Gasteiger partial charge is 1.00 e. The van der Waals surface area contributed by atoms with Gasteiger partial charge in [0.1, 0.15) is 21.0 Å². The third-order valence-corrected chi connectivity index (χ3v) is 0. The zero-order valence-electron chi connectivity index (χ0n) is 6.56. The van der Waals surface area contributed by atoms with Crippen molar-refractivity contribution in [1.82, 2.24) is 0 Å². The summed E-state index contributed by atoms with van der Waals surface area (Å²) in [5, 5.41) is 0. The second-order valence-corrected chi connectivity index (χ2v) is 4.62. The van der Waals surface area contributed by atoms with Gasteiger partial charge in [-0.15, -0.1) is 0 Å². The number of rotatable bonds is 0. The minimum atomic E-state index is 0. The molecule has 0 heterocycles. The predicted octanol–water partition coefficient (Wildman–Crippen LogP) is -4.38. The van der Waals surface area contributed by atoms with Crippen molar-refractivity contribution in [2.24, 2.45) is 0 Å². The fourth-order valence-electron chi connectivity index (χ4n) is 0. The summed E-state index contributed by atoms with van der Waals surface area (Å²) in [7, 11) is 1.86. The van der Waals surface area contributed by atoms with E-state index in [9.17, 15) is 0 Å². The Hall–Kier alpha value is 1.74. The van der Waals surface area contributed by atoms with Crippen LogP contribution in [0.5, 0.6) is 0 Å². The van der Waals surface area contributed by atoms with Crippen molar-refractivity contribution < 1.29 is 35.1 Å². The zero-order chi connectivity index (χ0) is 5.41. The molecule has 0 aliphatic carbocycles. The molecule has 0 aromatic carbocycles. The van der Waals surface area contributed by atoms with E-state index in [2.05, 4.69) is 16.7 Å². The van der Waals surface area contributed by atoms with Gasteiger partial charge < -0.3 is 5.54 Å². The molecule has 0 aliphatic heterocycles. The molecule has 0 aromatic rings. The van der Waals surface area contributed by atoms with Gasteiger partial charge in [0.2, 0.25) is 0 Å². The molecule has 0 atom stereocenters. The summed E-state index contributed by atoms with van der Waals surface area (Å²) in [5.41, 5.74) is 0. The van der Waals surface area contributed by atoms with Crippen molar-refractivity contribution in [2.75, 3.05) is 5.75 Å².